The minimum absolute atomic E-state index is 0.474. The van der Waals surface area contributed by atoms with E-state index < -0.39 is 0 Å². The zero-order valence-electron chi connectivity index (χ0n) is 10.2. The molecular weight excluding hydrogens is 248 g/mol. The number of hydrogen-bond acceptors (Lipinski definition) is 3. The molecule has 2 rings (SSSR count). The lowest BCUT2D eigenvalue weighted by molar-refractivity contribution is 0.317. The van der Waals surface area contributed by atoms with Crippen molar-refractivity contribution in [2.45, 2.75) is 13.3 Å². The van der Waals surface area contributed by atoms with Gasteiger partial charge in [-0.15, -0.1) is 0 Å². The Morgan fingerprint density at radius 2 is 2.00 bits per heavy atom. The zero-order valence-corrected chi connectivity index (χ0v) is 10.9. The highest BCUT2D eigenvalue weighted by Gasteiger charge is 2.05. The number of nitrogens with zero attached hydrogens (tertiary/aromatic N) is 1. The maximum absolute atomic E-state index is 5.92. The second kappa shape index (κ2) is 5.74. The molecule has 0 saturated heterocycles. The van der Waals surface area contributed by atoms with Crippen molar-refractivity contribution in [2.24, 2.45) is 0 Å². The van der Waals surface area contributed by atoms with Crippen molar-refractivity contribution in [3.8, 4) is 16.9 Å². The Bertz CT molecular complexity index is 526. The topological polar surface area (TPSA) is 48.1 Å². The Morgan fingerprint density at radius 3 is 2.67 bits per heavy atom. The van der Waals surface area contributed by atoms with Gasteiger partial charge in [0.05, 0.1) is 11.6 Å². The van der Waals surface area contributed by atoms with Crippen LogP contribution in [-0.2, 0) is 0 Å². The van der Waals surface area contributed by atoms with E-state index in [-0.39, 0.29) is 0 Å². The minimum Gasteiger partial charge on any atom is -0.494 e. The maximum atomic E-state index is 5.92. The number of pyridine rings is 1. The predicted octanol–water partition coefficient (Wildman–Crippen LogP) is 3.77. The van der Waals surface area contributed by atoms with Crippen LogP contribution >= 0.6 is 11.6 Å². The summed E-state index contributed by atoms with van der Waals surface area (Å²) in [5.41, 5.74) is 7.65. The van der Waals surface area contributed by atoms with E-state index in [2.05, 4.69) is 11.9 Å². The molecule has 0 aliphatic heterocycles. The Labute approximate surface area is 112 Å². The summed E-state index contributed by atoms with van der Waals surface area (Å²) in [6.45, 7) is 2.80. The first kappa shape index (κ1) is 12.7. The molecule has 0 fully saturated rings. The van der Waals surface area contributed by atoms with Gasteiger partial charge in [0, 0.05) is 11.8 Å². The molecule has 4 heteroatoms. The molecule has 0 unspecified atom stereocenters. The highest BCUT2D eigenvalue weighted by atomic mass is 35.5. The number of ether oxygens (including phenoxy) is 1. The molecule has 3 nitrogen and oxygen atoms in total. The van der Waals surface area contributed by atoms with Crippen molar-refractivity contribution >= 4 is 17.4 Å². The summed E-state index contributed by atoms with van der Waals surface area (Å²) in [4.78, 5) is 4.04. The van der Waals surface area contributed by atoms with Gasteiger partial charge in [-0.2, -0.15) is 0 Å². The second-order valence-electron chi connectivity index (χ2n) is 3.96. The predicted molar refractivity (Wildman–Crippen MR) is 74.9 cm³/mol. The Balaban J connectivity index is 2.25. The molecule has 0 aliphatic rings. The van der Waals surface area contributed by atoms with E-state index in [1.807, 2.05) is 30.3 Å². The molecule has 2 aromatic rings. The number of hydrogen-bond donors (Lipinski definition) is 1. The fourth-order valence-electron chi connectivity index (χ4n) is 1.63. The average molecular weight is 263 g/mol. The van der Waals surface area contributed by atoms with E-state index >= 15 is 0 Å². The lowest BCUT2D eigenvalue weighted by Crippen LogP contribution is -1.96. The maximum Gasteiger partial charge on any atom is 0.131 e. The first-order valence-electron chi connectivity index (χ1n) is 5.85. The zero-order chi connectivity index (χ0) is 13.0. The van der Waals surface area contributed by atoms with Gasteiger partial charge >= 0.3 is 0 Å². The average Bonchev–Trinajstić information content (AvgIpc) is 2.40. The number of nitrogen functional groups attached to an aromatic ring is 1. The summed E-state index contributed by atoms with van der Waals surface area (Å²) in [5, 5.41) is 0.575. The van der Waals surface area contributed by atoms with Gasteiger partial charge in [-0.25, -0.2) is 4.98 Å². The number of benzene rings is 1. The van der Waals surface area contributed by atoms with E-state index in [4.69, 9.17) is 22.1 Å². The lowest BCUT2D eigenvalue weighted by Gasteiger charge is -2.08. The number of nitrogens with two attached hydrogens (primary N) is 1. The third-order valence-electron chi connectivity index (χ3n) is 2.52. The van der Waals surface area contributed by atoms with E-state index in [1.54, 1.807) is 6.20 Å². The number of rotatable bonds is 4. The van der Waals surface area contributed by atoms with Crippen molar-refractivity contribution in [1.29, 1.82) is 0 Å². The van der Waals surface area contributed by atoms with Crippen LogP contribution in [0.4, 0.5) is 5.82 Å². The monoisotopic (exact) mass is 262 g/mol. The summed E-state index contributed by atoms with van der Waals surface area (Å²) >= 11 is 5.92. The molecule has 0 amide bonds. The summed E-state index contributed by atoms with van der Waals surface area (Å²) in [6.07, 6.45) is 2.53. The number of halogens is 1. The Hall–Kier alpha value is -1.74. The van der Waals surface area contributed by atoms with E-state index in [9.17, 15) is 0 Å². The molecule has 0 atom stereocenters. The first-order valence-corrected chi connectivity index (χ1v) is 6.22. The van der Waals surface area contributed by atoms with Gasteiger partial charge in [0.15, 0.2) is 0 Å². The second-order valence-corrected chi connectivity index (χ2v) is 4.40. The number of aromatic nitrogens is 1. The fourth-order valence-corrected chi connectivity index (χ4v) is 1.79. The molecule has 0 spiro atoms. The van der Waals surface area contributed by atoms with E-state index in [0.717, 1.165) is 29.9 Å². The van der Waals surface area contributed by atoms with Gasteiger partial charge in [-0.3, -0.25) is 0 Å². The molecule has 18 heavy (non-hydrogen) atoms. The summed E-state index contributed by atoms with van der Waals surface area (Å²) in [5.74, 6) is 1.33. The molecular formula is C14H15ClN2O. The molecule has 1 heterocycles. The van der Waals surface area contributed by atoms with Gasteiger partial charge < -0.3 is 10.5 Å². The quantitative estimate of drug-likeness (QED) is 0.912. The fraction of sp³-hybridized carbons (Fsp3) is 0.214. The SMILES string of the molecule is CCCOc1ccc(-c2cc(Cl)cnc2N)cc1. The van der Waals surface area contributed by atoms with Crippen LogP contribution in [0.5, 0.6) is 5.75 Å². The van der Waals surface area contributed by atoms with Crippen LogP contribution in [0.2, 0.25) is 5.02 Å². The van der Waals surface area contributed by atoms with Crippen LogP contribution < -0.4 is 10.5 Å². The molecule has 0 bridgehead atoms. The van der Waals surface area contributed by atoms with E-state index in [0.29, 0.717) is 10.8 Å². The molecule has 0 radical (unpaired) electrons. The van der Waals surface area contributed by atoms with Crippen LogP contribution in [-0.4, -0.2) is 11.6 Å². The van der Waals surface area contributed by atoms with Gasteiger partial charge in [0.2, 0.25) is 0 Å². The van der Waals surface area contributed by atoms with Crippen molar-refractivity contribution in [1.82, 2.24) is 4.98 Å². The minimum atomic E-state index is 0.474. The van der Waals surface area contributed by atoms with Crippen molar-refractivity contribution in [2.75, 3.05) is 12.3 Å². The van der Waals surface area contributed by atoms with E-state index in [1.165, 1.54) is 0 Å². The van der Waals surface area contributed by atoms with Gasteiger partial charge in [-0.05, 0) is 30.2 Å². The largest absolute Gasteiger partial charge is 0.494 e. The van der Waals surface area contributed by atoms with Crippen LogP contribution in [0.3, 0.4) is 0 Å². The first-order chi connectivity index (χ1) is 8.70. The highest BCUT2D eigenvalue weighted by Crippen LogP contribution is 2.28. The van der Waals surface area contributed by atoms with Gasteiger partial charge in [-0.1, -0.05) is 30.7 Å². The summed E-state index contributed by atoms with van der Waals surface area (Å²) < 4.78 is 5.53. The van der Waals surface area contributed by atoms with Crippen LogP contribution in [0, 0.1) is 0 Å². The molecule has 0 saturated carbocycles. The highest BCUT2D eigenvalue weighted by molar-refractivity contribution is 6.30. The third-order valence-corrected chi connectivity index (χ3v) is 2.73. The summed E-state index contributed by atoms with van der Waals surface area (Å²) in [6, 6.07) is 9.56. The molecule has 0 aliphatic carbocycles. The van der Waals surface area contributed by atoms with Crippen LogP contribution in [0.1, 0.15) is 13.3 Å². The standard InChI is InChI=1S/C14H15ClN2O/c1-2-7-18-12-5-3-10(4-6-12)13-8-11(15)9-17-14(13)16/h3-6,8-9H,2,7H2,1H3,(H2,16,17). The smallest absolute Gasteiger partial charge is 0.131 e. The Kier molecular flexibility index (Phi) is 4.05. The Morgan fingerprint density at radius 1 is 1.28 bits per heavy atom. The lowest BCUT2D eigenvalue weighted by atomic mass is 10.1. The van der Waals surface area contributed by atoms with Crippen LogP contribution in [0.25, 0.3) is 11.1 Å². The van der Waals surface area contributed by atoms with Gasteiger partial charge in [0.1, 0.15) is 11.6 Å². The normalized spacial score (nSPS) is 10.3. The van der Waals surface area contributed by atoms with Crippen molar-refractivity contribution in [3.63, 3.8) is 0 Å². The molecule has 1 aromatic carbocycles. The molecule has 94 valence electrons. The molecule has 2 N–H and O–H groups in total. The van der Waals surface area contributed by atoms with Gasteiger partial charge in [0.25, 0.3) is 0 Å². The molecule has 1 aromatic heterocycles. The summed E-state index contributed by atoms with van der Waals surface area (Å²) in [7, 11) is 0. The van der Waals surface area contributed by atoms with Crippen LogP contribution in [0.15, 0.2) is 36.5 Å². The van der Waals surface area contributed by atoms with Crippen molar-refractivity contribution in [3.05, 3.63) is 41.6 Å². The third kappa shape index (κ3) is 2.93. The number of anilines is 1. The van der Waals surface area contributed by atoms with Crippen molar-refractivity contribution < 1.29 is 4.74 Å².